The number of hydrogen-bond donors (Lipinski definition) is 1. The van der Waals surface area contributed by atoms with Crippen LogP contribution >= 0.6 is 11.6 Å². The Morgan fingerprint density at radius 1 is 1.08 bits per heavy atom. The number of carbonyl (C=O) groups excluding carboxylic acids is 2. The molecule has 130 valence electrons. The van der Waals surface area contributed by atoms with E-state index in [4.69, 9.17) is 11.6 Å². The van der Waals surface area contributed by atoms with Crippen LogP contribution in [0.3, 0.4) is 0 Å². The Bertz CT molecular complexity index is 599. The summed E-state index contributed by atoms with van der Waals surface area (Å²) in [5.74, 6) is -0.0121. The molecule has 0 radical (unpaired) electrons. The molecule has 1 aliphatic heterocycles. The maximum Gasteiger partial charge on any atom is 0.253 e. The number of benzene rings is 1. The molecular weight excluding hydrogens is 324 g/mol. The van der Waals surface area contributed by atoms with Gasteiger partial charge in [0.2, 0.25) is 5.91 Å². The van der Waals surface area contributed by atoms with Crippen molar-refractivity contribution in [3.8, 4) is 0 Å². The maximum absolute atomic E-state index is 12.6. The molecule has 5 heteroatoms. The van der Waals surface area contributed by atoms with E-state index in [1.807, 2.05) is 0 Å². The summed E-state index contributed by atoms with van der Waals surface area (Å²) < 4.78 is 0. The van der Waals surface area contributed by atoms with Crippen LogP contribution in [-0.2, 0) is 4.79 Å². The molecule has 0 spiro atoms. The Morgan fingerprint density at radius 3 is 2.62 bits per heavy atom. The summed E-state index contributed by atoms with van der Waals surface area (Å²) in [7, 11) is 0. The van der Waals surface area contributed by atoms with Crippen LogP contribution in [0.1, 0.15) is 55.3 Å². The fourth-order valence-electron chi connectivity index (χ4n) is 3.75. The zero-order valence-electron chi connectivity index (χ0n) is 14.0. The van der Waals surface area contributed by atoms with Crippen molar-refractivity contribution >= 4 is 23.4 Å². The van der Waals surface area contributed by atoms with Crippen LogP contribution in [0.25, 0.3) is 0 Å². The Morgan fingerprint density at radius 2 is 1.88 bits per heavy atom. The van der Waals surface area contributed by atoms with Gasteiger partial charge in [-0.25, -0.2) is 0 Å². The van der Waals surface area contributed by atoms with Gasteiger partial charge in [-0.1, -0.05) is 36.9 Å². The van der Waals surface area contributed by atoms with Crippen LogP contribution in [-0.4, -0.2) is 35.8 Å². The van der Waals surface area contributed by atoms with Crippen molar-refractivity contribution < 1.29 is 9.59 Å². The first kappa shape index (κ1) is 17.3. The van der Waals surface area contributed by atoms with E-state index < -0.39 is 0 Å². The van der Waals surface area contributed by atoms with E-state index >= 15 is 0 Å². The lowest BCUT2D eigenvalue weighted by Crippen LogP contribution is -2.47. The highest BCUT2D eigenvalue weighted by Crippen LogP contribution is 2.22. The molecule has 2 fully saturated rings. The molecule has 1 saturated heterocycles. The van der Waals surface area contributed by atoms with E-state index in [1.165, 1.54) is 19.3 Å². The number of halogens is 1. The molecule has 1 atom stereocenters. The zero-order valence-corrected chi connectivity index (χ0v) is 14.7. The lowest BCUT2D eigenvalue weighted by atomic mass is 9.93. The average molecular weight is 349 g/mol. The summed E-state index contributed by atoms with van der Waals surface area (Å²) in [6, 6.07) is 7.34. The smallest absolute Gasteiger partial charge is 0.253 e. The molecule has 0 aromatic heterocycles. The third-order valence-electron chi connectivity index (χ3n) is 5.10. The molecule has 1 aromatic rings. The van der Waals surface area contributed by atoms with Gasteiger partial charge in [0.05, 0.1) is 5.92 Å². The van der Waals surface area contributed by atoms with Crippen LogP contribution in [0.15, 0.2) is 24.3 Å². The minimum absolute atomic E-state index is 0.0346. The zero-order chi connectivity index (χ0) is 16.9. The average Bonchev–Trinajstić information content (AvgIpc) is 2.62. The van der Waals surface area contributed by atoms with Crippen molar-refractivity contribution in [1.82, 2.24) is 10.2 Å². The number of nitrogens with one attached hydrogen (secondary N) is 1. The minimum atomic E-state index is -0.0937. The van der Waals surface area contributed by atoms with E-state index in [2.05, 4.69) is 5.32 Å². The van der Waals surface area contributed by atoms with E-state index in [-0.39, 0.29) is 17.7 Å². The second-order valence-corrected chi connectivity index (χ2v) is 7.38. The summed E-state index contributed by atoms with van der Waals surface area (Å²) in [6.07, 6.45) is 7.59. The van der Waals surface area contributed by atoms with Gasteiger partial charge in [-0.05, 0) is 43.9 Å². The largest absolute Gasteiger partial charge is 0.353 e. The van der Waals surface area contributed by atoms with E-state index in [0.717, 1.165) is 25.7 Å². The number of amides is 2. The molecule has 2 aliphatic rings. The molecule has 24 heavy (non-hydrogen) atoms. The third kappa shape index (κ3) is 4.29. The predicted octanol–water partition coefficient (Wildman–Crippen LogP) is 3.64. The van der Waals surface area contributed by atoms with Crippen LogP contribution in [0.5, 0.6) is 0 Å². The Labute approximate surface area is 148 Å². The Kier molecular flexibility index (Phi) is 5.77. The standard InChI is InChI=1S/C19H25ClN2O2/c20-16-8-4-6-14(12-16)19(24)22-11-5-7-15(13-22)18(23)21-17-9-2-1-3-10-17/h4,6,8,12,15,17H,1-3,5,7,9-11,13H2,(H,21,23)/t15-/m1/s1. The van der Waals surface area contributed by atoms with Gasteiger partial charge in [0, 0.05) is 29.7 Å². The summed E-state index contributed by atoms with van der Waals surface area (Å²) in [5, 5.41) is 3.76. The highest BCUT2D eigenvalue weighted by Gasteiger charge is 2.30. The van der Waals surface area contributed by atoms with E-state index in [9.17, 15) is 9.59 Å². The number of hydrogen-bond acceptors (Lipinski definition) is 2. The number of carbonyl (C=O) groups is 2. The van der Waals surface area contributed by atoms with E-state index in [1.54, 1.807) is 29.2 Å². The molecule has 1 aromatic carbocycles. The maximum atomic E-state index is 12.6. The van der Waals surface area contributed by atoms with Crippen LogP contribution < -0.4 is 5.32 Å². The van der Waals surface area contributed by atoms with Gasteiger partial charge < -0.3 is 10.2 Å². The molecule has 1 saturated carbocycles. The second kappa shape index (κ2) is 8.02. The lowest BCUT2D eigenvalue weighted by Gasteiger charge is -2.33. The topological polar surface area (TPSA) is 49.4 Å². The van der Waals surface area contributed by atoms with Crippen molar-refractivity contribution in [3.63, 3.8) is 0 Å². The fraction of sp³-hybridized carbons (Fsp3) is 0.579. The summed E-state index contributed by atoms with van der Waals surface area (Å²) in [4.78, 5) is 27.0. The van der Waals surface area contributed by atoms with E-state index in [0.29, 0.717) is 29.7 Å². The molecule has 0 unspecified atom stereocenters. The van der Waals surface area contributed by atoms with Gasteiger partial charge in [0.15, 0.2) is 0 Å². The molecule has 4 nitrogen and oxygen atoms in total. The Hall–Kier alpha value is -1.55. The first-order valence-corrected chi connectivity index (χ1v) is 9.36. The van der Waals surface area contributed by atoms with Crippen molar-refractivity contribution in [1.29, 1.82) is 0 Å². The summed E-state index contributed by atoms with van der Waals surface area (Å²) >= 11 is 5.98. The lowest BCUT2D eigenvalue weighted by molar-refractivity contribution is -0.127. The van der Waals surface area contributed by atoms with Gasteiger partial charge in [0.1, 0.15) is 0 Å². The molecular formula is C19H25ClN2O2. The van der Waals surface area contributed by atoms with Crippen molar-refractivity contribution in [2.75, 3.05) is 13.1 Å². The predicted molar refractivity (Wildman–Crippen MR) is 95.1 cm³/mol. The third-order valence-corrected chi connectivity index (χ3v) is 5.34. The van der Waals surface area contributed by atoms with Crippen LogP contribution in [0, 0.1) is 5.92 Å². The molecule has 0 bridgehead atoms. The first-order valence-electron chi connectivity index (χ1n) is 8.99. The van der Waals surface area contributed by atoms with Crippen molar-refractivity contribution in [2.24, 2.45) is 5.92 Å². The van der Waals surface area contributed by atoms with Crippen LogP contribution in [0.4, 0.5) is 0 Å². The second-order valence-electron chi connectivity index (χ2n) is 6.94. The highest BCUT2D eigenvalue weighted by atomic mass is 35.5. The molecule has 3 rings (SSSR count). The molecule has 1 N–H and O–H groups in total. The summed E-state index contributed by atoms with van der Waals surface area (Å²) in [6.45, 7) is 1.21. The molecule has 1 heterocycles. The number of nitrogens with zero attached hydrogens (tertiary/aromatic N) is 1. The quantitative estimate of drug-likeness (QED) is 0.906. The molecule has 2 amide bonds. The summed E-state index contributed by atoms with van der Waals surface area (Å²) in [5.41, 5.74) is 0.593. The van der Waals surface area contributed by atoms with Gasteiger partial charge >= 0.3 is 0 Å². The first-order chi connectivity index (χ1) is 11.6. The van der Waals surface area contributed by atoms with Gasteiger partial charge in [0.25, 0.3) is 5.91 Å². The minimum Gasteiger partial charge on any atom is -0.353 e. The monoisotopic (exact) mass is 348 g/mol. The fourth-order valence-corrected chi connectivity index (χ4v) is 3.94. The van der Waals surface area contributed by atoms with Gasteiger partial charge in [-0.2, -0.15) is 0 Å². The van der Waals surface area contributed by atoms with Gasteiger partial charge in [-0.3, -0.25) is 9.59 Å². The van der Waals surface area contributed by atoms with Crippen molar-refractivity contribution in [2.45, 2.75) is 51.0 Å². The van der Waals surface area contributed by atoms with Crippen LogP contribution in [0.2, 0.25) is 5.02 Å². The molecule has 1 aliphatic carbocycles. The number of piperidine rings is 1. The highest BCUT2D eigenvalue weighted by molar-refractivity contribution is 6.30. The van der Waals surface area contributed by atoms with Crippen molar-refractivity contribution in [3.05, 3.63) is 34.9 Å². The SMILES string of the molecule is O=C(NC1CCCCC1)[C@@H]1CCCN(C(=O)c2cccc(Cl)c2)C1. The van der Waals surface area contributed by atoms with Gasteiger partial charge in [-0.15, -0.1) is 0 Å². The number of rotatable bonds is 3. The normalized spacial score (nSPS) is 22.2. The number of likely N-dealkylation sites (tertiary alicyclic amines) is 1. The Balaban J connectivity index is 1.59.